The third-order valence-electron chi connectivity index (χ3n) is 2.58. The van der Waals surface area contributed by atoms with Gasteiger partial charge in [0, 0.05) is 16.7 Å². The van der Waals surface area contributed by atoms with Gasteiger partial charge in [0.15, 0.2) is 0 Å². The summed E-state index contributed by atoms with van der Waals surface area (Å²) in [4.78, 5) is 0. The first-order chi connectivity index (χ1) is 9.06. The van der Waals surface area contributed by atoms with Crippen LogP contribution >= 0.6 is 11.6 Å². The van der Waals surface area contributed by atoms with E-state index in [2.05, 4.69) is 10.5 Å². The molecule has 0 amide bonds. The van der Waals surface area contributed by atoms with Crippen LogP contribution in [0, 0.1) is 6.92 Å². The van der Waals surface area contributed by atoms with Crippen LogP contribution in [-0.2, 0) is 0 Å². The fraction of sp³-hybridized carbons (Fsp3) is 0.0714. The molecule has 0 aliphatic carbocycles. The van der Waals surface area contributed by atoms with Crippen LogP contribution in [0.2, 0.25) is 5.02 Å². The second-order valence-corrected chi connectivity index (χ2v) is 4.48. The van der Waals surface area contributed by atoms with E-state index in [9.17, 15) is 5.11 Å². The summed E-state index contributed by atoms with van der Waals surface area (Å²) in [6, 6.07) is 9.81. The van der Waals surface area contributed by atoms with Crippen LogP contribution in [0.25, 0.3) is 0 Å². The van der Waals surface area contributed by atoms with Crippen molar-refractivity contribution in [3.63, 3.8) is 0 Å². The Morgan fingerprint density at radius 2 is 1.95 bits per heavy atom. The van der Waals surface area contributed by atoms with Gasteiger partial charge >= 0.3 is 0 Å². The molecule has 0 saturated heterocycles. The number of rotatable bonds is 3. The van der Waals surface area contributed by atoms with Gasteiger partial charge in [-0.2, -0.15) is 5.10 Å². The Labute approximate surface area is 116 Å². The lowest BCUT2D eigenvalue weighted by molar-refractivity contribution is 0.450. The lowest BCUT2D eigenvalue weighted by atomic mass is 10.2. The van der Waals surface area contributed by atoms with Crippen molar-refractivity contribution in [2.45, 2.75) is 6.92 Å². The van der Waals surface area contributed by atoms with E-state index in [0.29, 0.717) is 10.6 Å². The highest BCUT2D eigenvalue weighted by molar-refractivity contribution is 6.31. The van der Waals surface area contributed by atoms with E-state index >= 15 is 0 Å². The van der Waals surface area contributed by atoms with Crippen molar-refractivity contribution in [3.05, 3.63) is 52.5 Å². The first-order valence-electron chi connectivity index (χ1n) is 5.63. The second kappa shape index (κ2) is 5.63. The standard InChI is InChI=1S/C14H13ClN2O2/c1-9-2-4-11(6-13(9)15)17-16-8-10-3-5-12(18)7-14(10)19/h2-8,17-19H,1H3/b16-8+. The normalized spacial score (nSPS) is 10.8. The maximum Gasteiger partial charge on any atom is 0.128 e. The zero-order chi connectivity index (χ0) is 13.8. The smallest absolute Gasteiger partial charge is 0.128 e. The second-order valence-electron chi connectivity index (χ2n) is 4.08. The number of phenols is 2. The summed E-state index contributed by atoms with van der Waals surface area (Å²) in [5.41, 5.74) is 5.07. The molecule has 0 unspecified atom stereocenters. The molecule has 98 valence electrons. The van der Waals surface area contributed by atoms with Crippen LogP contribution in [0.1, 0.15) is 11.1 Å². The molecule has 2 rings (SSSR count). The van der Waals surface area contributed by atoms with Gasteiger partial charge in [0.05, 0.1) is 11.9 Å². The van der Waals surface area contributed by atoms with E-state index in [1.165, 1.54) is 18.3 Å². The summed E-state index contributed by atoms with van der Waals surface area (Å²) >= 11 is 5.99. The fourth-order valence-corrected chi connectivity index (χ4v) is 1.66. The fourth-order valence-electron chi connectivity index (χ4n) is 1.48. The average molecular weight is 277 g/mol. The Hall–Kier alpha value is -2.20. The van der Waals surface area contributed by atoms with E-state index in [4.69, 9.17) is 16.7 Å². The zero-order valence-electron chi connectivity index (χ0n) is 10.3. The summed E-state index contributed by atoms with van der Waals surface area (Å²) in [5, 5.41) is 23.4. The Morgan fingerprint density at radius 1 is 1.16 bits per heavy atom. The topological polar surface area (TPSA) is 64.9 Å². The highest BCUT2D eigenvalue weighted by Crippen LogP contribution is 2.22. The van der Waals surface area contributed by atoms with Gasteiger partial charge in [0.2, 0.25) is 0 Å². The van der Waals surface area contributed by atoms with Gasteiger partial charge in [-0.15, -0.1) is 0 Å². The maximum absolute atomic E-state index is 9.57. The number of hydrogen-bond acceptors (Lipinski definition) is 4. The minimum atomic E-state index is -0.0347. The molecule has 2 aromatic rings. The van der Waals surface area contributed by atoms with Gasteiger partial charge < -0.3 is 10.2 Å². The minimum absolute atomic E-state index is 0.00734. The Bertz CT molecular complexity index is 627. The molecule has 4 nitrogen and oxygen atoms in total. The van der Waals surface area contributed by atoms with E-state index in [-0.39, 0.29) is 11.5 Å². The van der Waals surface area contributed by atoms with Crippen LogP contribution in [0.15, 0.2) is 41.5 Å². The Kier molecular flexibility index (Phi) is 3.92. The number of nitrogens with zero attached hydrogens (tertiary/aromatic N) is 1. The van der Waals surface area contributed by atoms with Gasteiger partial charge in [-0.1, -0.05) is 17.7 Å². The summed E-state index contributed by atoms with van der Waals surface area (Å²) in [6.45, 7) is 1.92. The van der Waals surface area contributed by atoms with Gasteiger partial charge in [-0.05, 0) is 36.8 Å². The van der Waals surface area contributed by atoms with Crippen molar-refractivity contribution >= 4 is 23.5 Å². The molecule has 0 aliphatic rings. The van der Waals surface area contributed by atoms with Crippen molar-refractivity contribution < 1.29 is 10.2 Å². The summed E-state index contributed by atoms with van der Waals surface area (Å²) in [5.74, 6) is -0.0274. The van der Waals surface area contributed by atoms with Crippen LogP contribution < -0.4 is 5.43 Å². The van der Waals surface area contributed by atoms with Gasteiger partial charge in [0.1, 0.15) is 11.5 Å². The number of benzene rings is 2. The minimum Gasteiger partial charge on any atom is -0.508 e. The molecule has 0 aliphatic heterocycles. The van der Waals surface area contributed by atoms with E-state index in [1.807, 2.05) is 19.1 Å². The number of aryl methyl sites for hydroxylation is 1. The number of halogens is 1. The number of hydrogen-bond donors (Lipinski definition) is 3. The molecule has 0 bridgehead atoms. The molecule has 0 atom stereocenters. The van der Waals surface area contributed by atoms with Crippen molar-refractivity contribution in [2.75, 3.05) is 5.43 Å². The molecule has 0 spiro atoms. The van der Waals surface area contributed by atoms with Crippen molar-refractivity contribution in [3.8, 4) is 11.5 Å². The Balaban J connectivity index is 2.09. The molecule has 5 heteroatoms. The highest BCUT2D eigenvalue weighted by Gasteiger charge is 1.99. The largest absolute Gasteiger partial charge is 0.508 e. The summed E-state index contributed by atoms with van der Waals surface area (Å²) < 4.78 is 0. The highest BCUT2D eigenvalue weighted by atomic mass is 35.5. The van der Waals surface area contributed by atoms with Gasteiger partial charge in [0.25, 0.3) is 0 Å². The molecule has 0 radical (unpaired) electrons. The van der Waals surface area contributed by atoms with Crippen LogP contribution in [0.3, 0.4) is 0 Å². The molecule has 0 aromatic heterocycles. The van der Waals surface area contributed by atoms with E-state index in [0.717, 1.165) is 11.3 Å². The third kappa shape index (κ3) is 3.39. The Morgan fingerprint density at radius 3 is 2.63 bits per heavy atom. The number of aromatic hydroxyl groups is 2. The van der Waals surface area contributed by atoms with Crippen molar-refractivity contribution in [1.29, 1.82) is 0 Å². The summed E-state index contributed by atoms with van der Waals surface area (Å²) in [7, 11) is 0. The van der Waals surface area contributed by atoms with Gasteiger partial charge in [-0.3, -0.25) is 5.43 Å². The van der Waals surface area contributed by atoms with Gasteiger partial charge in [-0.25, -0.2) is 0 Å². The SMILES string of the molecule is Cc1ccc(N/N=C/c2ccc(O)cc2O)cc1Cl. The first kappa shape index (κ1) is 13.2. The van der Waals surface area contributed by atoms with E-state index < -0.39 is 0 Å². The quantitative estimate of drug-likeness (QED) is 0.594. The maximum atomic E-state index is 9.57. The monoisotopic (exact) mass is 276 g/mol. The van der Waals surface area contributed by atoms with Crippen molar-refractivity contribution in [1.82, 2.24) is 0 Å². The van der Waals surface area contributed by atoms with Crippen LogP contribution in [0.5, 0.6) is 11.5 Å². The molecule has 2 aromatic carbocycles. The first-order valence-corrected chi connectivity index (χ1v) is 6.01. The summed E-state index contributed by atoms with van der Waals surface area (Å²) in [6.07, 6.45) is 1.46. The third-order valence-corrected chi connectivity index (χ3v) is 2.99. The molecule has 0 heterocycles. The molecule has 0 fully saturated rings. The van der Waals surface area contributed by atoms with Crippen LogP contribution in [-0.4, -0.2) is 16.4 Å². The lowest BCUT2D eigenvalue weighted by Gasteiger charge is -2.03. The molecular formula is C14H13ClN2O2. The molecule has 0 saturated carbocycles. The van der Waals surface area contributed by atoms with E-state index in [1.54, 1.807) is 12.1 Å². The van der Waals surface area contributed by atoms with Crippen molar-refractivity contribution in [2.24, 2.45) is 5.10 Å². The number of nitrogens with one attached hydrogen (secondary N) is 1. The number of phenolic OH excluding ortho intramolecular Hbond substituents is 2. The lowest BCUT2D eigenvalue weighted by Crippen LogP contribution is -1.91. The predicted molar refractivity (Wildman–Crippen MR) is 77.2 cm³/mol. The molecular weight excluding hydrogens is 264 g/mol. The number of anilines is 1. The predicted octanol–water partition coefficient (Wildman–Crippen LogP) is 3.51. The average Bonchev–Trinajstić information content (AvgIpc) is 2.36. The number of hydrazone groups is 1. The van der Waals surface area contributed by atoms with Crippen LogP contribution in [0.4, 0.5) is 5.69 Å². The molecule has 19 heavy (non-hydrogen) atoms. The molecule has 3 N–H and O–H groups in total. The zero-order valence-corrected chi connectivity index (χ0v) is 11.0.